The van der Waals surface area contributed by atoms with Gasteiger partial charge in [0.15, 0.2) is 0 Å². The summed E-state index contributed by atoms with van der Waals surface area (Å²) in [6, 6.07) is 13.3. The molecule has 0 saturated heterocycles. The van der Waals surface area contributed by atoms with Crippen LogP contribution in [0.4, 0.5) is 17.1 Å². The van der Waals surface area contributed by atoms with Crippen LogP contribution < -0.4 is 16.0 Å². The number of rotatable bonds is 7. The molecule has 3 N–H and O–H groups in total. The molecule has 32 heavy (non-hydrogen) atoms. The van der Waals surface area contributed by atoms with E-state index in [9.17, 15) is 9.59 Å². The number of hydrogen-bond donors (Lipinski definition) is 3. The third-order valence-electron chi connectivity index (χ3n) is 6.32. The van der Waals surface area contributed by atoms with Crippen LogP contribution in [0.3, 0.4) is 0 Å². The van der Waals surface area contributed by atoms with Gasteiger partial charge in [0, 0.05) is 24.7 Å². The number of hydrogen-bond acceptors (Lipinski definition) is 4. The highest BCUT2D eigenvalue weighted by molar-refractivity contribution is 6.12. The van der Waals surface area contributed by atoms with E-state index in [1.165, 1.54) is 6.42 Å². The van der Waals surface area contributed by atoms with Crippen molar-refractivity contribution in [1.29, 1.82) is 0 Å². The molecule has 2 aromatic rings. The Kier molecular flexibility index (Phi) is 6.90. The fraction of sp³-hybridized carbons (Fsp3) is 0.385. The number of para-hydroxylation sites is 1. The molecule has 0 radical (unpaired) electrons. The van der Waals surface area contributed by atoms with Crippen LogP contribution in [0, 0.1) is 5.92 Å². The molecule has 0 fully saturated rings. The first-order chi connectivity index (χ1) is 15.5. The van der Waals surface area contributed by atoms with Crippen molar-refractivity contribution in [1.82, 2.24) is 10.2 Å². The van der Waals surface area contributed by atoms with Crippen molar-refractivity contribution in [2.45, 2.75) is 39.2 Å². The predicted octanol–water partition coefficient (Wildman–Crippen LogP) is 4.79. The second kappa shape index (κ2) is 10.0. The van der Waals surface area contributed by atoms with E-state index in [1.807, 2.05) is 24.3 Å². The molecular formula is C26H32N4O2. The highest BCUT2D eigenvalue weighted by atomic mass is 16.2. The first-order valence-electron chi connectivity index (χ1n) is 11.6. The third-order valence-corrected chi connectivity index (χ3v) is 6.32. The lowest BCUT2D eigenvalue weighted by Crippen LogP contribution is -2.39. The zero-order valence-electron chi connectivity index (χ0n) is 18.9. The van der Waals surface area contributed by atoms with Gasteiger partial charge in [-0.25, -0.2) is 0 Å². The van der Waals surface area contributed by atoms with E-state index in [2.05, 4.69) is 46.8 Å². The molecule has 1 aliphatic heterocycles. The summed E-state index contributed by atoms with van der Waals surface area (Å²) in [6.07, 6.45) is 7.83. The number of nitrogens with one attached hydrogen (secondary N) is 3. The van der Waals surface area contributed by atoms with E-state index in [4.69, 9.17) is 0 Å². The molecule has 1 heterocycles. The van der Waals surface area contributed by atoms with Crippen LogP contribution in [-0.2, 0) is 0 Å². The summed E-state index contributed by atoms with van der Waals surface area (Å²) in [7, 11) is 0. The van der Waals surface area contributed by atoms with E-state index in [0.717, 1.165) is 37.3 Å². The second-order valence-electron chi connectivity index (χ2n) is 8.65. The molecule has 2 aliphatic rings. The zero-order valence-corrected chi connectivity index (χ0v) is 18.9. The second-order valence-corrected chi connectivity index (χ2v) is 8.65. The van der Waals surface area contributed by atoms with Crippen LogP contribution in [0.25, 0.3) is 0 Å². The summed E-state index contributed by atoms with van der Waals surface area (Å²) in [5.41, 5.74) is 3.25. The first-order valence-corrected chi connectivity index (χ1v) is 11.6. The molecule has 0 aromatic heterocycles. The Labute approximate surface area is 190 Å². The van der Waals surface area contributed by atoms with Gasteiger partial charge in [0.2, 0.25) is 0 Å². The number of anilines is 3. The van der Waals surface area contributed by atoms with Gasteiger partial charge in [0.1, 0.15) is 0 Å². The number of carbonyl (C=O) groups is 2. The molecule has 4 rings (SSSR count). The highest BCUT2D eigenvalue weighted by Crippen LogP contribution is 2.32. The number of allylic oxidation sites excluding steroid dienone is 1. The minimum atomic E-state index is -0.184. The number of benzene rings is 2. The molecule has 2 atom stereocenters. The maximum absolute atomic E-state index is 12.7. The zero-order chi connectivity index (χ0) is 22.5. The van der Waals surface area contributed by atoms with Gasteiger partial charge in [-0.2, -0.15) is 0 Å². The van der Waals surface area contributed by atoms with Crippen molar-refractivity contribution in [3.05, 3.63) is 65.7 Å². The molecule has 168 valence electrons. The molecule has 0 spiro atoms. The van der Waals surface area contributed by atoms with Gasteiger partial charge in [0.25, 0.3) is 11.8 Å². The monoisotopic (exact) mass is 432 g/mol. The molecule has 0 bridgehead atoms. The van der Waals surface area contributed by atoms with Crippen molar-refractivity contribution in [3.63, 3.8) is 0 Å². The summed E-state index contributed by atoms with van der Waals surface area (Å²) in [5.74, 6) is 0.329. The molecular weight excluding hydrogens is 400 g/mol. The summed E-state index contributed by atoms with van der Waals surface area (Å²) in [4.78, 5) is 27.8. The lowest BCUT2D eigenvalue weighted by molar-refractivity contribution is 0.0948. The van der Waals surface area contributed by atoms with Gasteiger partial charge in [-0.3, -0.25) is 9.59 Å². The van der Waals surface area contributed by atoms with Gasteiger partial charge in [-0.15, -0.1) is 0 Å². The number of fused-ring (bicyclic) bond motifs is 2. The molecule has 0 saturated carbocycles. The predicted molar refractivity (Wildman–Crippen MR) is 130 cm³/mol. The molecule has 2 amide bonds. The summed E-state index contributed by atoms with van der Waals surface area (Å²) < 4.78 is 0. The lowest BCUT2D eigenvalue weighted by Gasteiger charge is -2.33. The summed E-state index contributed by atoms with van der Waals surface area (Å²) in [5, 5.41) is 9.22. The van der Waals surface area contributed by atoms with Crippen LogP contribution >= 0.6 is 0 Å². The molecule has 6 nitrogen and oxygen atoms in total. The molecule has 6 heteroatoms. The largest absolute Gasteiger partial charge is 0.353 e. The quantitative estimate of drug-likeness (QED) is 0.434. The van der Waals surface area contributed by atoms with Crippen molar-refractivity contribution < 1.29 is 9.59 Å². The van der Waals surface area contributed by atoms with Crippen molar-refractivity contribution in [3.8, 4) is 0 Å². The Bertz CT molecular complexity index is 1020. The Morgan fingerprint density at radius 3 is 2.78 bits per heavy atom. The van der Waals surface area contributed by atoms with Crippen molar-refractivity contribution in [2.24, 2.45) is 5.92 Å². The summed E-state index contributed by atoms with van der Waals surface area (Å²) in [6.45, 7) is 7.11. The van der Waals surface area contributed by atoms with Gasteiger partial charge in [-0.05, 0) is 62.1 Å². The van der Waals surface area contributed by atoms with Crippen LogP contribution in [0.15, 0.2) is 54.6 Å². The average Bonchev–Trinajstić information content (AvgIpc) is 2.94. The van der Waals surface area contributed by atoms with Gasteiger partial charge in [-0.1, -0.05) is 38.1 Å². The topological polar surface area (TPSA) is 73.5 Å². The van der Waals surface area contributed by atoms with Crippen LogP contribution in [0.1, 0.15) is 53.8 Å². The van der Waals surface area contributed by atoms with Crippen LogP contribution in [0.2, 0.25) is 0 Å². The Balaban J connectivity index is 1.32. The third kappa shape index (κ3) is 5.02. The standard InChI is InChI=1S/C26H32N4O2/c1-3-30(20-9-6-8-18(2)16-20)15-7-14-27-25(31)19-12-13-23-24(17-19)29-26(32)21-10-4-5-11-22(21)28-23/h4-6,8,10-13,17-18,20,28H,3,7,9,14-16H2,1-2H3,(H,27,31)(H,29,32). The fourth-order valence-corrected chi connectivity index (χ4v) is 4.58. The fourth-order valence-electron chi connectivity index (χ4n) is 4.58. The average molecular weight is 433 g/mol. The molecule has 2 aromatic carbocycles. The Hall–Kier alpha value is -3.12. The van der Waals surface area contributed by atoms with Crippen LogP contribution in [-0.4, -0.2) is 42.4 Å². The van der Waals surface area contributed by atoms with Gasteiger partial charge < -0.3 is 20.9 Å². The van der Waals surface area contributed by atoms with Crippen LogP contribution in [0.5, 0.6) is 0 Å². The van der Waals surface area contributed by atoms with E-state index in [0.29, 0.717) is 35.3 Å². The van der Waals surface area contributed by atoms with Gasteiger partial charge in [0.05, 0.1) is 22.6 Å². The smallest absolute Gasteiger partial charge is 0.257 e. The minimum Gasteiger partial charge on any atom is -0.353 e. The van der Waals surface area contributed by atoms with Gasteiger partial charge >= 0.3 is 0 Å². The molecule has 1 aliphatic carbocycles. The van der Waals surface area contributed by atoms with E-state index in [-0.39, 0.29) is 11.8 Å². The lowest BCUT2D eigenvalue weighted by atomic mass is 9.92. The van der Waals surface area contributed by atoms with E-state index >= 15 is 0 Å². The van der Waals surface area contributed by atoms with E-state index < -0.39 is 0 Å². The van der Waals surface area contributed by atoms with E-state index in [1.54, 1.807) is 18.2 Å². The normalized spacial score (nSPS) is 19.4. The summed E-state index contributed by atoms with van der Waals surface area (Å²) >= 11 is 0. The number of carbonyl (C=O) groups excluding carboxylic acids is 2. The molecule has 2 unspecified atom stereocenters. The van der Waals surface area contributed by atoms with Crippen molar-refractivity contribution >= 4 is 28.9 Å². The number of nitrogens with zero attached hydrogens (tertiary/aromatic N) is 1. The Morgan fingerprint density at radius 1 is 1.12 bits per heavy atom. The van der Waals surface area contributed by atoms with Crippen molar-refractivity contribution in [2.75, 3.05) is 30.3 Å². The number of amides is 2. The maximum atomic E-state index is 12.7. The highest BCUT2D eigenvalue weighted by Gasteiger charge is 2.21. The first kappa shape index (κ1) is 22.1. The minimum absolute atomic E-state index is 0.124. The Morgan fingerprint density at radius 2 is 1.97 bits per heavy atom. The SMILES string of the molecule is CCN(CCCNC(=O)c1ccc2c(c1)NC(=O)c1ccccc1N2)C1CC=CC(C)C1. The maximum Gasteiger partial charge on any atom is 0.257 e.